The molecule has 2 aliphatic rings. The van der Waals surface area contributed by atoms with Gasteiger partial charge in [0.1, 0.15) is 18.8 Å². The topological polar surface area (TPSA) is 124 Å². The Hall–Kier alpha value is -1.27. The van der Waals surface area contributed by atoms with Gasteiger partial charge in [0.2, 0.25) is 0 Å². The number of hydrogen-bond acceptors (Lipinski definition) is 10. The fourth-order valence-corrected chi connectivity index (χ4v) is 3.34. The molecule has 10 nitrogen and oxygen atoms in total. The number of hydrogen-bond donors (Lipinski definition) is 0. The lowest BCUT2D eigenvalue weighted by molar-refractivity contribution is -0.229. The first-order chi connectivity index (χ1) is 11.4. The Morgan fingerprint density at radius 3 is 2.32 bits per heavy atom. The van der Waals surface area contributed by atoms with Gasteiger partial charge in [0.05, 0.1) is 6.26 Å². The van der Waals surface area contributed by atoms with Crippen LogP contribution in [0.2, 0.25) is 0 Å². The van der Waals surface area contributed by atoms with E-state index in [0.717, 1.165) is 6.26 Å². The molecule has 2 aliphatic heterocycles. The molecule has 144 valence electrons. The highest BCUT2D eigenvalue weighted by molar-refractivity contribution is 7.86. The summed E-state index contributed by atoms with van der Waals surface area (Å²) >= 11 is 0. The minimum Gasteiger partial charge on any atom is -0.463 e. The van der Waals surface area contributed by atoms with E-state index in [0.29, 0.717) is 0 Å². The third-order valence-corrected chi connectivity index (χ3v) is 4.04. The van der Waals surface area contributed by atoms with Gasteiger partial charge in [-0.1, -0.05) is 0 Å². The van der Waals surface area contributed by atoms with E-state index >= 15 is 0 Å². The number of rotatable bonds is 6. The van der Waals surface area contributed by atoms with Crippen molar-refractivity contribution in [3.8, 4) is 0 Å². The van der Waals surface area contributed by atoms with Gasteiger partial charge in [-0.25, -0.2) is 0 Å². The quantitative estimate of drug-likeness (QED) is 0.447. The molecule has 0 aromatic carbocycles. The van der Waals surface area contributed by atoms with Gasteiger partial charge in [-0.3, -0.25) is 13.8 Å². The normalized spacial score (nSPS) is 32.0. The van der Waals surface area contributed by atoms with Crippen LogP contribution >= 0.6 is 0 Å². The van der Waals surface area contributed by atoms with Crippen LogP contribution in [0.15, 0.2) is 0 Å². The summed E-state index contributed by atoms with van der Waals surface area (Å²) in [6.07, 6.45) is -4.10. The first-order valence-corrected chi connectivity index (χ1v) is 9.39. The number of carbonyl (C=O) groups is 2. The molecule has 0 saturated carbocycles. The van der Waals surface area contributed by atoms with Gasteiger partial charge in [0, 0.05) is 13.8 Å². The molecule has 0 aromatic heterocycles. The minimum atomic E-state index is -3.90. The van der Waals surface area contributed by atoms with Crippen LogP contribution in [0, 0.1) is 0 Å². The zero-order valence-electron chi connectivity index (χ0n) is 14.6. The molecule has 0 unspecified atom stereocenters. The van der Waals surface area contributed by atoms with Crippen LogP contribution < -0.4 is 0 Å². The Morgan fingerprint density at radius 2 is 1.80 bits per heavy atom. The number of carbonyl (C=O) groups excluding carboxylic acids is 2. The fraction of sp³-hybridized carbons (Fsp3) is 0.857. The standard InChI is InChI=1S/C14H22O10S/c1-7(15)19-6-9(24-25(5,17)18)10-11(20-8(2)16)12-13(21-10)23-14(3,4)22-12/h9-13H,6H2,1-5H3/t9-,10-,11-,12-,13-/m1/s1. The predicted molar refractivity (Wildman–Crippen MR) is 80.6 cm³/mol. The Kier molecular flexibility index (Phi) is 5.74. The van der Waals surface area contributed by atoms with Crippen molar-refractivity contribution >= 4 is 22.1 Å². The second-order valence-electron chi connectivity index (χ2n) is 6.28. The van der Waals surface area contributed by atoms with Crippen LogP contribution in [0.1, 0.15) is 27.7 Å². The molecule has 0 amide bonds. The summed E-state index contributed by atoms with van der Waals surface area (Å²) in [5, 5.41) is 0. The molecule has 2 fully saturated rings. The van der Waals surface area contributed by atoms with E-state index in [2.05, 4.69) is 0 Å². The molecule has 0 spiro atoms. The lowest BCUT2D eigenvalue weighted by atomic mass is 10.1. The summed E-state index contributed by atoms with van der Waals surface area (Å²) in [7, 11) is -3.90. The molecule has 5 atom stereocenters. The number of fused-ring (bicyclic) bond motifs is 1. The lowest BCUT2D eigenvalue weighted by Gasteiger charge is -2.29. The minimum absolute atomic E-state index is 0.409. The summed E-state index contributed by atoms with van der Waals surface area (Å²) < 4.78 is 55.1. The SMILES string of the molecule is CC(=O)OC[C@@H](OS(C)(=O)=O)[C@H]1O[C@@H]2OC(C)(C)O[C@@H]2[C@@H]1OC(C)=O. The van der Waals surface area contributed by atoms with Crippen molar-refractivity contribution < 1.29 is 45.9 Å². The molecule has 0 N–H and O–H groups in total. The maximum absolute atomic E-state index is 11.5. The Balaban J connectivity index is 2.24. The van der Waals surface area contributed by atoms with Crippen molar-refractivity contribution in [2.24, 2.45) is 0 Å². The predicted octanol–water partition coefficient (Wildman–Crippen LogP) is -0.298. The molecular weight excluding hydrogens is 360 g/mol. The zero-order valence-corrected chi connectivity index (χ0v) is 15.4. The van der Waals surface area contributed by atoms with Gasteiger partial charge in [-0.2, -0.15) is 8.42 Å². The van der Waals surface area contributed by atoms with Crippen LogP contribution in [-0.2, 0) is 47.6 Å². The van der Waals surface area contributed by atoms with Gasteiger partial charge in [-0.15, -0.1) is 0 Å². The number of esters is 2. The molecule has 11 heteroatoms. The molecule has 0 radical (unpaired) electrons. The highest BCUT2D eigenvalue weighted by Gasteiger charge is 2.59. The summed E-state index contributed by atoms with van der Waals surface area (Å²) in [4.78, 5) is 22.5. The van der Waals surface area contributed by atoms with Crippen molar-refractivity contribution in [3.05, 3.63) is 0 Å². The van der Waals surface area contributed by atoms with Crippen LogP contribution in [0.4, 0.5) is 0 Å². The molecule has 0 bridgehead atoms. The largest absolute Gasteiger partial charge is 0.463 e. The fourth-order valence-electron chi connectivity index (χ4n) is 2.73. The maximum atomic E-state index is 11.5. The summed E-state index contributed by atoms with van der Waals surface area (Å²) in [5.74, 6) is -2.20. The molecule has 0 aromatic rings. The van der Waals surface area contributed by atoms with Crippen LogP contribution in [0.3, 0.4) is 0 Å². The van der Waals surface area contributed by atoms with Crippen LogP contribution in [0.25, 0.3) is 0 Å². The van der Waals surface area contributed by atoms with Crippen LogP contribution in [0.5, 0.6) is 0 Å². The van der Waals surface area contributed by atoms with Crippen molar-refractivity contribution in [1.29, 1.82) is 0 Å². The first-order valence-electron chi connectivity index (χ1n) is 7.58. The van der Waals surface area contributed by atoms with E-state index in [1.807, 2.05) is 0 Å². The first kappa shape index (κ1) is 20.0. The second-order valence-corrected chi connectivity index (χ2v) is 7.89. The summed E-state index contributed by atoms with van der Waals surface area (Å²) in [6.45, 7) is 5.28. The second kappa shape index (κ2) is 7.16. The van der Waals surface area contributed by atoms with Crippen molar-refractivity contribution in [3.63, 3.8) is 0 Å². The van der Waals surface area contributed by atoms with E-state index in [4.69, 9.17) is 27.9 Å². The molecule has 25 heavy (non-hydrogen) atoms. The highest BCUT2D eigenvalue weighted by atomic mass is 32.2. The summed E-state index contributed by atoms with van der Waals surface area (Å²) in [6, 6.07) is 0. The van der Waals surface area contributed by atoms with E-state index in [9.17, 15) is 18.0 Å². The molecule has 2 heterocycles. The summed E-state index contributed by atoms with van der Waals surface area (Å²) in [5.41, 5.74) is 0. The Morgan fingerprint density at radius 1 is 1.16 bits per heavy atom. The average Bonchev–Trinajstić information content (AvgIpc) is 2.86. The molecule has 2 saturated heterocycles. The number of ether oxygens (including phenoxy) is 5. The van der Waals surface area contributed by atoms with E-state index < -0.39 is 65.2 Å². The van der Waals surface area contributed by atoms with Gasteiger partial charge in [-0.05, 0) is 13.8 Å². The van der Waals surface area contributed by atoms with E-state index in [-0.39, 0.29) is 0 Å². The average molecular weight is 382 g/mol. The van der Waals surface area contributed by atoms with E-state index in [1.165, 1.54) is 13.8 Å². The van der Waals surface area contributed by atoms with Gasteiger partial charge < -0.3 is 23.7 Å². The Labute approximate surface area is 145 Å². The molecule has 0 aliphatic carbocycles. The van der Waals surface area contributed by atoms with Gasteiger partial charge in [0.25, 0.3) is 10.1 Å². The molecule has 2 rings (SSSR count). The van der Waals surface area contributed by atoms with Crippen LogP contribution in [-0.4, -0.2) is 69.7 Å². The monoisotopic (exact) mass is 382 g/mol. The third-order valence-electron chi connectivity index (χ3n) is 3.44. The van der Waals surface area contributed by atoms with Crippen molar-refractivity contribution in [1.82, 2.24) is 0 Å². The third kappa shape index (κ3) is 5.35. The van der Waals surface area contributed by atoms with Gasteiger partial charge in [0.15, 0.2) is 24.3 Å². The Bertz CT molecular complexity index is 628. The smallest absolute Gasteiger partial charge is 0.303 e. The van der Waals surface area contributed by atoms with Crippen molar-refractivity contribution in [2.45, 2.75) is 64.2 Å². The zero-order chi connectivity index (χ0) is 19.0. The maximum Gasteiger partial charge on any atom is 0.303 e. The van der Waals surface area contributed by atoms with Gasteiger partial charge >= 0.3 is 11.9 Å². The molecular formula is C14H22O10S. The lowest BCUT2D eigenvalue weighted by Crippen LogP contribution is -2.47. The van der Waals surface area contributed by atoms with Crippen molar-refractivity contribution in [2.75, 3.05) is 12.9 Å². The highest BCUT2D eigenvalue weighted by Crippen LogP contribution is 2.40. The van der Waals surface area contributed by atoms with E-state index in [1.54, 1.807) is 13.8 Å².